The van der Waals surface area contributed by atoms with E-state index >= 15 is 0 Å². The van der Waals surface area contributed by atoms with Crippen molar-refractivity contribution in [1.82, 2.24) is 9.71 Å². The summed E-state index contributed by atoms with van der Waals surface area (Å²) in [5, 5.41) is 0. The Morgan fingerprint density at radius 1 is 1.56 bits per heavy atom. The van der Waals surface area contributed by atoms with Gasteiger partial charge in [0.05, 0.1) is 4.99 Å². The van der Waals surface area contributed by atoms with Crippen LogP contribution in [0.5, 0.6) is 0 Å². The molecule has 0 bridgehead atoms. The van der Waals surface area contributed by atoms with Gasteiger partial charge < -0.3 is 5.73 Å². The lowest BCUT2D eigenvalue weighted by atomic mass is 10.1. The van der Waals surface area contributed by atoms with Crippen LogP contribution in [0.2, 0.25) is 0 Å². The Kier molecular flexibility index (Phi) is 4.34. The zero-order valence-corrected chi connectivity index (χ0v) is 10.4. The molecule has 1 aromatic heterocycles. The van der Waals surface area contributed by atoms with Crippen LogP contribution in [-0.2, 0) is 10.0 Å². The van der Waals surface area contributed by atoms with Gasteiger partial charge in [-0.25, -0.2) is 13.1 Å². The van der Waals surface area contributed by atoms with Crippen molar-refractivity contribution >= 4 is 27.2 Å². The van der Waals surface area contributed by atoms with E-state index in [1.807, 2.05) is 0 Å². The second-order valence-electron chi connectivity index (χ2n) is 3.35. The molecule has 1 heterocycles. The molecule has 0 aliphatic carbocycles. The van der Waals surface area contributed by atoms with Gasteiger partial charge in [0, 0.05) is 18.4 Å². The summed E-state index contributed by atoms with van der Waals surface area (Å²) in [7, 11) is -3.46. The summed E-state index contributed by atoms with van der Waals surface area (Å²) in [4.78, 5) is 3.81. The minimum atomic E-state index is -3.46. The minimum absolute atomic E-state index is 0.0468. The zero-order chi connectivity index (χ0) is 12.2. The summed E-state index contributed by atoms with van der Waals surface area (Å²) in [6.45, 7) is 1.74. The number of nitrogens with one attached hydrogen (secondary N) is 1. The molecule has 0 fully saturated rings. The molecule has 88 valence electrons. The molecule has 0 spiro atoms. The highest BCUT2D eigenvalue weighted by Crippen LogP contribution is 2.11. The highest BCUT2D eigenvalue weighted by molar-refractivity contribution is 7.92. The number of hydrogen-bond acceptors (Lipinski definition) is 4. The SMILES string of the molecule is CC(NS(=O)(=O)CC(N)=S)c1ccncc1. The Morgan fingerprint density at radius 2 is 2.12 bits per heavy atom. The van der Waals surface area contributed by atoms with E-state index < -0.39 is 10.0 Å². The molecule has 5 nitrogen and oxygen atoms in total. The molecule has 1 atom stereocenters. The van der Waals surface area contributed by atoms with E-state index in [-0.39, 0.29) is 16.8 Å². The second kappa shape index (κ2) is 5.33. The molecule has 1 unspecified atom stereocenters. The Balaban J connectivity index is 2.72. The quantitative estimate of drug-likeness (QED) is 0.745. The molecule has 0 radical (unpaired) electrons. The van der Waals surface area contributed by atoms with Gasteiger partial charge in [0.15, 0.2) is 0 Å². The van der Waals surface area contributed by atoms with E-state index in [1.54, 1.807) is 31.5 Å². The van der Waals surface area contributed by atoms with Crippen molar-refractivity contribution in [3.63, 3.8) is 0 Å². The highest BCUT2D eigenvalue weighted by Gasteiger charge is 2.16. The lowest BCUT2D eigenvalue weighted by Crippen LogP contribution is -2.34. The molecule has 0 aliphatic heterocycles. The number of pyridine rings is 1. The minimum Gasteiger partial charge on any atom is -0.392 e. The number of aromatic nitrogens is 1. The number of sulfonamides is 1. The van der Waals surface area contributed by atoms with Crippen LogP contribution >= 0.6 is 12.2 Å². The highest BCUT2D eigenvalue weighted by atomic mass is 32.2. The summed E-state index contributed by atoms with van der Waals surface area (Å²) in [6.07, 6.45) is 3.21. The summed E-state index contributed by atoms with van der Waals surface area (Å²) in [5.74, 6) is -0.336. The third-order valence-electron chi connectivity index (χ3n) is 1.89. The first-order valence-electron chi connectivity index (χ1n) is 4.59. The fourth-order valence-electron chi connectivity index (χ4n) is 1.22. The number of thiocarbonyl (C=S) groups is 1. The van der Waals surface area contributed by atoms with Crippen molar-refractivity contribution in [3.8, 4) is 0 Å². The van der Waals surface area contributed by atoms with Gasteiger partial charge in [-0.15, -0.1) is 0 Å². The Morgan fingerprint density at radius 3 is 2.62 bits per heavy atom. The second-order valence-corrected chi connectivity index (χ2v) is 5.62. The number of hydrogen-bond donors (Lipinski definition) is 2. The van der Waals surface area contributed by atoms with Crippen molar-refractivity contribution in [2.75, 3.05) is 5.75 Å². The molecule has 0 aromatic carbocycles. The number of nitrogens with two attached hydrogens (primary N) is 1. The number of rotatable bonds is 5. The fraction of sp³-hybridized carbons (Fsp3) is 0.333. The molecule has 7 heteroatoms. The summed E-state index contributed by atoms with van der Waals surface area (Å²) < 4.78 is 25.5. The Labute approximate surface area is 100 Å². The summed E-state index contributed by atoms with van der Waals surface area (Å²) in [6, 6.07) is 3.16. The first kappa shape index (κ1) is 13.0. The number of nitrogens with zero attached hydrogens (tertiary/aromatic N) is 1. The van der Waals surface area contributed by atoms with Crippen molar-refractivity contribution in [3.05, 3.63) is 30.1 Å². The van der Waals surface area contributed by atoms with E-state index in [0.29, 0.717) is 0 Å². The Bertz CT molecular complexity index is 459. The van der Waals surface area contributed by atoms with E-state index in [0.717, 1.165) is 5.56 Å². The van der Waals surface area contributed by atoms with Crippen LogP contribution in [0.3, 0.4) is 0 Å². The maximum atomic E-state index is 11.5. The molecule has 0 aliphatic rings. The van der Waals surface area contributed by atoms with Gasteiger partial charge >= 0.3 is 0 Å². The lowest BCUT2D eigenvalue weighted by molar-refractivity contribution is 0.571. The molecule has 16 heavy (non-hydrogen) atoms. The maximum absolute atomic E-state index is 11.5. The molecular formula is C9H13N3O2S2. The average Bonchev–Trinajstić information content (AvgIpc) is 2.16. The van der Waals surface area contributed by atoms with E-state index in [4.69, 9.17) is 5.73 Å². The molecule has 0 saturated carbocycles. The lowest BCUT2D eigenvalue weighted by Gasteiger charge is -2.13. The normalized spacial score (nSPS) is 13.3. The smallest absolute Gasteiger partial charge is 0.218 e. The average molecular weight is 259 g/mol. The van der Waals surface area contributed by atoms with Gasteiger partial charge in [-0.3, -0.25) is 4.98 Å². The van der Waals surface area contributed by atoms with E-state index in [9.17, 15) is 8.42 Å². The van der Waals surface area contributed by atoms with Crippen LogP contribution in [-0.4, -0.2) is 24.1 Å². The predicted octanol–water partition coefficient (Wildman–Crippen LogP) is 0.348. The van der Waals surface area contributed by atoms with Crippen molar-refractivity contribution in [2.24, 2.45) is 5.73 Å². The van der Waals surface area contributed by atoms with Gasteiger partial charge in [-0.2, -0.15) is 0 Å². The standard InChI is InChI=1S/C9H13N3O2S2/c1-7(8-2-4-11-5-3-8)12-16(13,14)6-9(10)15/h2-5,7,12H,6H2,1H3,(H2,10,15). The van der Waals surface area contributed by atoms with E-state index in [1.165, 1.54) is 0 Å². The zero-order valence-electron chi connectivity index (χ0n) is 8.75. The molecular weight excluding hydrogens is 246 g/mol. The van der Waals surface area contributed by atoms with E-state index in [2.05, 4.69) is 21.9 Å². The van der Waals surface area contributed by atoms with Crippen molar-refractivity contribution < 1.29 is 8.42 Å². The topological polar surface area (TPSA) is 85.1 Å². The van der Waals surface area contributed by atoms with Crippen molar-refractivity contribution in [1.29, 1.82) is 0 Å². The van der Waals surface area contributed by atoms with Gasteiger partial charge in [-0.05, 0) is 24.6 Å². The Hall–Kier alpha value is -1.05. The van der Waals surface area contributed by atoms with Crippen LogP contribution < -0.4 is 10.5 Å². The maximum Gasteiger partial charge on any atom is 0.218 e. The fourth-order valence-corrected chi connectivity index (χ4v) is 2.82. The largest absolute Gasteiger partial charge is 0.392 e. The molecule has 3 N–H and O–H groups in total. The first-order chi connectivity index (χ1) is 7.41. The monoisotopic (exact) mass is 259 g/mol. The van der Waals surface area contributed by atoms with Crippen LogP contribution in [0.15, 0.2) is 24.5 Å². The van der Waals surface area contributed by atoms with Crippen LogP contribution in [0.25, 0.3) is 0 Å². The van der Waals surface area contributed by atoms with Gasteiger partial charge in [-0.1, -0.05) is 12.2 Å². The van der Waals surface area contributed by atoms with Crippen LogP contribution in [0.4, 0.5) is 0 Å². The predicted molar refractivity (Wildman–Crippen MR) is 66.4 cm³/mol. The molecule has 0 saturated heterocycles. The summed E-state index contributed by atoms with van der Waals surface area (Å²) in [5.41, 5.74) is 6.03. The molecule has 0 amide bonds. The van der Waals surface area contributed by atoms with Gasteiger partial charge in [0.2, 0.25) is 10.0 Å². The van der Waals surface area contributed by atoms with Crippen molar-refractivity contribution in [2.45, 2.75) is 13.0 Å². The third kappa shape index (κ3) is 4.21. The summed E-state index contributed by atoms with van der Waals surface area (Å²) >= 11 is 4.56. The first-order valence-corrected chi connectivity index (χ1v) is 6.65. The van der Waals surface area contributed by atoms with Crippen LogP contribution in [0, 0.1) is 0 Å². The van der Waals surface area contributed by atoms with Gasteiger partial charge in [0.25, 0.3) is 0 Å². The van der Waals surface area contributed by atoms with Crippen LogP contribution in [0.1, 0.15) is 18.5 Å². The third-order valence-corrected chi connectivity index (χ3v) is 3.63. The molecule has 1 aromatic rings. The van der Waals surface area contributed by atoms with Gasteiger partial charge in [0.1, 0.15) is 5.75 Å². The molecule has 1 rings (SSSR count).